The Kier molecular flexibility index (Phi) is 63.4. The fourth-order valence-corrected chi connectivity index (χ4v) is 12.7. The maximum atomic E-state index is 13.1. The van der Waals surface area contributed by atoms with E-state index in [9.17, 15) is 43.2 Å². The molecule has 19 heteroatoms. The average Bonchev–Trinajstić information content (AvgIpc) is 2.19. The van der Waals surface area contributed by atoms with E-state index in [1.165, 1.54) is 180 Å². The second-order valence-corrected chi connectivity index (χ2v) is 30.3. The number of rotatable bonds is 72. The van der Waals surface area contributed by atoms with Gasteiger partial charge in [-0.15, -0.1) is 0 Å². The number of hydrogen-bond donors (Lipinski definition) is 3. The monoisotopic (exact) mass is 1370 g/mol. The van der Waals surface area contributed by atoms with Gasteiger partial charge in [0.25, 0.3) is 0 Å². The summed E-state index contributed by atoms with van der Waals surface area (Å²) in [4.78, 5) is 72.6. The van der Waals surface area contributed by atoms with E-state index in [0.29, 0.717) is 25.7 Å². The molecule has 0 heterocycles. The molecular weight excluding hydrogens is 1220 g/mol. The summed E-state index contributed by atoms with van der Waals surface area (Å²) in [5, 5.41) is 10.6. The second kappa shape index (κ2) is 64.7. The van der Waals surface area contributed by atoms with Gasteiger partial charge in [0.1, 0.15) is 19.3 Å². The van der Waals surface area contributed by atoms with Crippen molar-refractivity contribution in [2.24, 2.45) is 17.8 Å². The summed E-state index contributed by atoms with van der Waals surface area (Å²) in [6, 6.07) is 0. The van der Waals surface area contributed by atoms with Gasteiger partial charge in [0.2, 0.25) is 0 Å². The molecule has 17 nitrogen and oxygen atoms in total. The third kappa shape index (κ3) is 64.5. The van der Waals surface area contributed by atoms with Gasteiger partial charge in [0.15, 0.2) is 12.2 Å². The predicted molar refractivity (Wildman–Crippen MR) is 377 cm³/mol. The van der Waals surface area contributed by atoms with E-state index in [1.807, 2.05) is 0 Å². The van der Waals surface area contributed by atoms with Crippen molar-refractivity contribution in [2.45, 2.75) is 394 Å². The quantitative estimate of drug-likeness (QED) is 0.0222. The van der Waals surface area contributed by atoms with E-state index < -0.39 is 97.5 Å². The minimum absolute atomic E-state index is 0.102. The number of carbonyl (C=O) groups is 4. The maximum absolute atomic E-state index is 13.1. The predicted octanol–water partition coefficient (Wildman–Crippen LogP) is 21.4. The zero-order chi connectivity index (χ0) is 68.7. The highest BCUT2D eigenvalue weighted by Gasteiger charge is 2.30. The van der Waals surface area contributed by atoms with Crippen LogP contribution in [0, 0.1) is 17.8 Å². The molecule has 0 aromatic rings. The van der Waals surface area contributed by atoms with E-state index in [4.69, 9.17) is 37.0 Å². The molecule has 0 aliphatic heterocycles. The summed E-state index contributed by atoms with van der Waals surface area (Å²) in [6.07, 6.45) is 50.2. The van der Waals surface area contributed by atoms with Crippen LogP contribution < -0.4 is 0 Å². The molecule has 552 valence electrons. The van der Waals surface area contributed by atoms with Crippen LogP contribution in [0.25, 0.3) is 0 Å². The highest BCUT2D eigenvalue weighted by Crippen LogP contribution is 2.45. The van der Waals surface area contributed by atoms with Crippen LogP contribution in [0.5, 0.6) is 0 Å². The van der Waals surface area contributed by atoms with Crippen LogP contribution in [0.1, 0.15) is 376 Å². The van der Waals surface area contributed by atoms with Crippen molar-refractivity contribution in [3.8, 4) is 0 Å². The van der Waals surface area contributed by atoms with Crippen molar-refractivity contribution >= 4 is 39.5 Å². The van der Waals surface area contributed by atoms with Crippen molar-refractivity contribution in [2.75, 3.05) is 39.6 Å². The SMILES string of the molecule is CCCCCCCCCCCCCCCCCCCCCCCC(=O)O[C@H](COC(=O)CCCCCCCCCCC(C)CC)COP(=O)(O)OC[C@@H](O)COP(=O)(O)OC[C@@H](COC(=O)CCCCCCCCC(C)CC)OC(=O)CCCCCCCCC(C)CC. The third-order valence-corrected chi connectivity index (χ3v) is 20.1. The van der Waals surface area contributed by atoms with Gasteiger partial charge in [-0.2, -0.15) is 0 Å². The molecule has 8 atom stereocenters. The van der Waals surface area contributed by atoms with E-state index in [2.05, 4.69) is 48.5 Å². The lowest BCUT2D eigenvalue weighted by Crippen LogP contribution is -2.30. The molecule has 0 saturated carbocycles. The smallest absolute Gasteiger partial charge is 0.462 e. The Morgan fingerprint density at radius 2 is 0.516 bits per heavy atom. The standard InChI is InChI=1S/C74H144O17P2/c1-8-12-13-14-15-16-17-18-19-20-21-22-23-24-25-26-27-28-33-43-50-57-73(78)90-69(61-84-71(76)55-48-41-32-30-29-31-38-45-52-65(5)9-2)63-88-92(80,81)86-59-68(75)60-87-93(82,83)89-64-70(91-74(79)58-51-44-37-35-40-47-54-67(7)11-4)62-85-72(77)56-49-42-36-34-39-46-53-66(6)10-3/h65-70,75H,8-64H2,1-7H3,(H,80,81)(H,82,83)/t65?,66?,67?,68-,69-,70-/m1/s1. The minimum Gasteiger partial charge on any atom is -0.462 e. The van der Waals surface area contributed by atoms with Gasteiger partial charge in [-0.1, -0.05) is 325 Å². The fraction of sp³-hybridized carbons (Fsp3) is 0.946. The first-order chi connectivity index (χ1) is 44.8. The number of ether oxygens (including phenoxy) is 4. The summed E-state index contributed by atoms with van der Waals surface area (Å²) < 4.78 is 68.4. The number of phosphoric ester groups is 2. The summed E-state index contributed by atoms with van der Waals surface area (Å²) in [7, 11) is -9.91. The van der Waals surface area contributed by atoms with E-state index >= 15 is 0 Å². The number of phosphoric acid groups is 2. The first-order valence-electron chi connectivity index (χ1n) is 38.5. The van der Waals surface area contributed by atoms with Crippen LogP contribution in [-0.2, 0) is 65.4 Å². The molecule has 0 amide bonds. The Balaban J connectivity index is 5.19. The molecule has 0 fully saturated rings. The van der Waals surface area contributed by atoms with Gasteiger partial charge in [0, 0.05) is 25.7 Å². The molecule has 0 aliphatic carbocycles. The van der Waals surface area contributed by atoms with Crippen LogP contribution in [-0.4, -0.2) is 96.7 Å². The molecule has 0 saturated heterocycles. The van der Waals surface area contributed by atoms with Gasteiger partial charge < -0.3 is 33.8 Å². The summed E-state index contributed by atoms with van der Waals surface area (Å²) in [5.74, 6) is 0.101. The Morgan fingerprint density at radius 3 is 0.763 bits per heavy atom. The first-order valence-corrected chi connectivity index (χ1v) is 41.5. The lowest BCUT2D eigenvalue weighted by atomic mass is 9.99. The zero-order valence-corrected chi connectivity index (χ0v) is 62.5. The number of hydrogen-bond acceptors (Lipinski definition) is 15. The van der Waals surface area contributed by atoms with Crippen molar-refractivity contribution in [3.63, 3.8) is 0 Å². The number of esters is 4. The van der Waals surface area contributed by atoms with Gasteiger partial charge in [-0.25, -0.2) is 9.13 Å². The highest BCUT2D eigenvalue weighted by atomic mass is 31.2. The Bertz CT molecular complexity index is 1820. The summed E-state index contributed by atoms with van der Waals surface area (Å²) in [6.45, 7) is 11.8. The molecular formula is C74H144O17P2. The van der Waals surface area contributed by atoms with E-state index in [-0.39, 0.29) is 25.7 Å². The Morgan fingerprint density at radius 1 is 0.301 bits per heavy atom. The molecule has 0 rings (SSSR count). The summed E-state index contributed by atoms with van der Waals surface area (Å²) in [5.41, 5.74) is 0. The first kappa shape index (κ1) is 91.1. The van der Waals surface area contributed by atoms with Crippen molar-refractivity contribution in [3.05, 3.63) is 0 Å². The minimum atomic E-state index is -4.96. The van der Waals surface area contributed by atoms with Gasteiger partial charge in [0.05, 0.1) is 26.4 Å². The Hall–Kier alpha value is -1.94. The zero-order valence-electron chi connectivity index (χ0n) is 60.7. The van der Waals surface area contributed by atoms with Crippen LogP contribution in [0.3, 0.4) is 0 Å². The molecule has 0 aliphatic rings. The molecule has 5 unspecified atom stereocenters. The van der Waals surface area contributed by atoms with Crippen LogP contribution >= 0.6 is 15.6 Å². The van der Waals surface area contributed by atoms with Crippen molar-refractivity contribution in [1.82, 2.24) is 0 Å². The highest BCUT2D eigenvalue weighted by molar-refractivity contribution is 7.47. The van der Waals surface area contributed by atoms with E-state index in [0.717, 1.165) is 114 Å². The molecule has 93 heavy (non-hydrogen) atoms. The molecule has 0 aromatic heterocycles. The van der Waals surface area contributed by atoms with Crippen molar-refractivity contribution in [1.29, 1.82) is 0 Å². The van der Waals surface area contributed by atoms with Gasteiger partial charge >= 0.3 is 39.5 Å². The Labute approximate surface area is 568 Å². The third-order valence-electron chi connectivity index (χ3n) is 18.2. The normalized spacial score (nSPS) is 15.0. The molecule has 0 bridgehead atoms. The second-order valence-electron chi connectivity index (χ2n) is 27.4. The lowest BCUT2D eigenvalue weighted by Gasteiger charge is -2.21. The average molecular weight is 1370 g/mol. The summed E-state index contributed by atoms with van der Waals surface area (Å²) >= 11 is 0. The van der Waals surface area contributed by atoms with Crippen molar-refractivity contribution < 1.29 is 80.2 Å². The molecule has 0 spiro atoms. The van der Waals surface area contributed by atoms with Crippen LogP contribution in [0.4, 0.5) is 0 Å². The van der Waals surface area contributed by atoms with Crippen LogP contribution in [0.15, 0.2) is 0 Å². The number of aliphatic hydroxyl groups is 1. The maximum Gasteiger partial charge on any atom is 0.472 e. The fourth-order valence-electron chi connectivity index (χ4n) is 11.2. The lowest BCUT2D eigenvalue weighted by molar-refractivity contribution is -0.161. The molecule has 3 N–H and O–H groups in total. The number of unbranched alkanes of at least 4 members (excludes halogenated alkanes) is 37. The largest absolute Gasteiger partial charge is 0.472 e. The van der Waals surface area contributed by atoms with Gasteiger partial charge in [-0.3, -0.25) is 37.3 Å². The number of aliphatic hydroxyl groups excluding tert-OH is 1. The topological polar surface area (TPSA) is 237 Å². The molecule has 0 aromatic carbocycles. The van der Waals surface area contributed by atoms with Crippen LogP contribution in [0.2, 0.25) is 0 Å². The number of carbonyl (C=O) groups excluding carboxylic acids is 4. The van der Waals surface area contributed by atoms with Gasteiger partial charge in [-0.05, 0) is 43.4 Å². The van der Waals surface area contributed by atoms with E-state index in [1.54, 1.807) is 0 Å². The molecule has 0 radical (unpaired) electrons.